The summed E-state index contributed by atoms with van der Waals surface area (Å²) in [6.07, 6.45) is -2.20. The fraction of sp³-hybridized carbons (Fsp3) is 0.895. The molecule has 6 nitrogen and oxygen atoms in total. The fourth-order valence-corrected chi connectivity index (χ4v) is 3.52. The van der Waals surface area contributed by atoms with E-state index < -0.39 is 42.2 Å². The second-order valence-electron chi connectivity index (χ2n) is 7.68. The molecule has 0 aliphatic carbocycles. The maximum absolute atomic E-state index is 12.4. The first-order valence-corrected chi connectivity index (χ1v) is 9.36. The number of ether oxygens (including phenoxy) is 1. The molecule has 0 bridgehead atoms. The monoisotopic (exact) mass is 358 g/mol. The zero-order valence-corrected chi connectivity index (χ0v) is 16.0. The highest BCUT2D eigenvalue weighted by atomic mass is 16.5. The van der Waals surface area contributed by atoms with Gasteiger partial charge in [0.2, 0.25) is 0 Å². The average molecular weight is 358 g/mol. The van der Waals surface area contributed by atoms with E-state index >= 15 is 0 Å². The highest BCUT2D eigenvalue weighted by Gasteiger charge is 2.35. The van der Waals surface area contributed by atoms with E-state index in [0.29, 0.717) is 12.8 Å². The first kappa shape index (κ1) is 22.1. The molecule has 1 rings (SSSR count). The molecule has 1 saturated heterocycles. The van der Waals surface area contributed by atoms with Crippen molar-refractivity contribution in [3.8, 4) is 0 Å². The first-order chi connectivity index (χ1) is 11.6. The third-order valence-corrected chi connectivity index (χ3v) is 5.78. The van der Waals surface area contributed by atoms with Gasteiger partial charge in [-0.2, -0.15) is 0 Å². The van der Waals surface area contributed by atoms with Crippen LogP contribution < -0.4 is 0 Å². The van der Waals surface area contributed by atoms with Gasteiger partial charge in [0.25, 0.3) is 0 Å². The van der Waals surface area contributed by atoms with Crippen molar-refractivity contribution >= 4 is 11.8 Å². The Bertz CT molecular complexity index is 451. The Hall–Kier alpha value is -0.980. The van der Waals surface area contributed by atoms with Crippen LogP contribution in [0.3, 0.4) is 0 Å². The van der Waals surface area contributed by atoms with Gasteiger partial charge in [-0.3, -0.25) is 9.59 Å². The number of Topliss-reactive ketones (excluding diaryl/α,β-unsaturated/α-hetero) is 1. The number of esters is 1. The van der Waals surface area contributed by atoms with Gasteiger partial charge < -0.3 is 20.1 Å². The lowest BCUT2D eigenvalue weighted by atomic mass is 9.81. The van der Waals surface area contributed by atoms with Gasteiger partial charge in [-0.15, -0.1) is 0 Å². The number of carbonyl (C=O) groups excluding carboxylic acids is 2. The van der Waals surface area contributed by atoms with Gasteiger partial charge in [-0.05, 0) is 18.8 Å². The number of rotatable bonds is 1. The van der Waals surface area contributed by atoms with Crippen LogP contribution in [-0.4, -0.2) is 51.5 Å². The predicted molar refractivity (Wildman–Crippen MR) is 93.7 cm³/mol. The number of aliphatic hydroxyl groups excluding tert-OH is 3. The molecule has 0 aromatic carbocycles. The summed E-state index contributed by atoms with van der Waals surface area (Å²) >= 11 is 0. The molecule has 1 heterocycles. The zero-order chi connectivity index (χ0) is 19.3. The van der Waals surface area contributed by atoms with E-state index in [2.05, 4.69) is 0 Å². The number of ketones is 1. The number of carbonyl (C=O) groups is 2. The standard InChI is InChI=1S/C19H34O6/c1-6-16-13(5)19(24)11(3)14(20)8-7-10(2)18(23)12(4)15(21)9-17(22)25-16/h10-13,15-16,18-19,21,23-24H,6-9H2,1-5H3. The van der Waals surface area contributed by atoms with E-state index in [4.69, 9.17) is 4.74 Å². The van der Waals surface area contributed by atoms with Crippen LogP contribution in [0, 0.1) is 23.7 Å². The topological polar surface area (TPSA) is 104 Å². The maximum Gasteiger partial charge on any atom is 0.308 e. The van der Waals surface area contributed by atoms with E-state index in [1.165, 1.54) is 0 Å². The van der Waals surface area contributed by atoms with Gasteiger partial charge >= 0.3 is 5.97 Å². The van der Waals surface area contributed by atoms with Gasteiger partial charge in [-0.1, -0.05) is 34.6 Å². The Morgan fingerprint density at radius 3 is 2.16 bits per heavy atom. The lowest BCUT2D eigenvalue weighted by molar-refractivity contribution is -0.159. The Balaban J connectivity index is 3.04. The van der Waals surface area contributed by atoms with Crippen LogP contribution in [0.5, 0.6) is 0 Å². The lowest BCUT2D eigenvalue weighted by Gasteiger charge is -2.32. The van der Waals surface area contributed by atoms with Crippen LogP contribution in [0.25, 0.3) is 0 Å². The molecule has 8 unspecified atom stereocenters. The van der Waals surface area contributed by atoms with E-state index in [9.17, 15) is 24.9 Å². The van der Waals surface area contributed by atoms with E-state index in [1.54, 1.807) is 20.8 Å². The van der Waals surface area contributed by atoms with Gasteiger partial charge in [0.1, 0.15) is 11.9 Å². The summed E-state index contributed by atoms with van der Waals surface area (Å²) in [4.78, 5) is 24.6. The van der Waals surface area contributed by atoms with Gasteiger partial charge in [0.05, 0.1) is 24.7 Å². The maximum atomic E-state index is 12.4. The third kappa shape index (κ3) is 5.76. The molecule has 0 saturated carbocycles. The van der Waals surface area contributed by atoms with Crippen molar-refractivity contribution in [3.63, 3.8) is 0 Å². The molecule has 0 radical (unpaired) electrons. The molecule has 1 aliphatic heterocycles. The molecule has 146 valence electrons. The van der Waals surface area contributed by atoms with Gasteiger partial charge in [0, 0.05) is 24.2 Å². The molecule has 1 fully saturated rings. The normalized spacial score (nSPS) is 42.6. The summed E-state index contributed by atoms with van der Waals surface area (Å²) < 4.78 is 5.44. The highest BCUT2D eigenvalue weighted by Crippen LogP contribution is 2.27. The summed E-state index contributed by atoms with van der Waals surface area (Å²) in [5, 5.41) is 31.1. The smallest absolute Gasteiger partial charge is 0.308 e. The third-order valence-electron chi connectivity index (χ3n) is 5.78. The van der Waals surface area contributed by atoms with E-state index in [-0.39, 0.29) is 30.5 Å². The molecule has 0 aromatic rings. The largest absolute Gasteiger partial charge is 0.462 e. The second kappa shape index (κ2) is 9.64. The minimum absolute atomic E-state index is 0.0650. The predicted octanol–water partition coefficient (Wildman–Crippen LogP) is 1.69. The molecular weight excluding hydrogens is 324 g/mol. The summed E-state index contributed by atoms with van der Waals surface area (Å²) in [6.45, 7) is 8.83. The number of hydrogen-bond donors (Lipinski definition) is 3. The molecule has 25 heavy (non-hydrogen) atoms. The summed E-state index contributed by atoms with van der Waals surface area (Å²) in [5.41, 5.74) is 0. The zero-order valence-electron chi connectivity index (χ0n) is 16.0. The SMILES string of the molecule is CCC1OC(=O)CC(O)C(C)C(O)C(C)CCC(=O)C(C)C(O)C1C. The Morgan fingerprint density at radius 1 is 1.00 bits per heavy atom. The van der Waals surface area contributed by atoms with Crippen LogP contribution in [0.2, 0.25) is 0 Å². The molecular formula is C19H34O6. The minimum atomic E-state index is -1.01. The minimum Gasteiger partial charge on any atom is -0.462 e. The number of hydrogen-bond acceptors (Lipinski definition) is 6. The van der Waals surface area contributed by atoms with Crippen LogP contribution in [-0.2, 0) is 14.3 Å². The van der Waals surface area contributed by atoms with E-state index in [1.807, 2.05) is 13.8 Å². The van der Waals surface area contributed by atoms with Crippen molar-refractivity contribution in [2.24, 2.45) is 23.7 Å². The Labute approximate surface area is 150 Å². The van der Waals surface area contributed by atoms with Gasteiger partial charge in [0.15, 0.2) is 0 Å². The second-order valence-corrected chi connectivity index (χ2v) is 7.68. The molecule has 3 N–H and O–H groups in total. The molecule has 6 heteroatoms. The van der Waals surface area contributed by atoms with Gasteiger partial charge in [-0.25, -0.2) is 0 Å². The van der Waals surface area contributed by atoms with Crippen LogP contribution in [0.1, 0.15) is 60.3 Å². The summed E-state index contributed by atoms with van der Waals surface area (Å²) in [7, 11) is 0. The average Bonchev–Trinajstić information content (AvgIpc) is 2.59. The van der Waals surface area contributed by atoms with Crippen molar-refractivity contribution in [1.82, 2.24) is 0 Å². The fourth-order valence-electron chi connectivity index (χ4n) is 3.52. The summed E-state index contributed by atoms with van der Waals surface area (Å²) in [6, 6.07) is 0. The number of cyclic esters (lactones) is 1. The molecule has 0 amide bonds. The van der Waals surface area contributed by atoms with Crippen molar-refractivity contribution in [3.05, 3.63) is 0 Å². The van der Waals surface area contributed by atoms with Crippen molar-refractivity contribution in [2.45, 2.75) is 84.7 Å². The Morgan fingerprint density at radius 2 is 1.60 bits per heavy atom. The molecule has 0 aromatic heterocycles. The first-order valence-electron chi connectivity index (χ1n) is 9.36. The van der Waals surface area contributed by atoms with Crippen LogP contribution in [0.15, 0.2) is 0 Å². The quantitative estimate of drug-likeness (QED) is 0.616. The number of aliphatic hydroxyl groups is 3. The van der Waals surface area contributed by atoms with Crippen LogP contribution in [0.4, 0.5) is 0 Å². The van der Waals surface area contributed by atoms with Crippen molar-refractivity contribution < 1.29 is 29.6 Å². The van der Waals surface area contributed by atoms with Crippen molar-refractivity contribution in [1.29, 1.82) is 0 Å². The highest BCUT2D eigenvalue weighted by molar-refractivity contribution is 5.81. The molecule has 1 aliphatic rings. The van der Waals surface area contributed by atoms with E-state index in [0.717, 1.165) is 0 Å². The Kier molecular flexibility index (Phi) is 8.51. The molecule has 8 atom stereocenters. The summed E-state index contributed by atoms with van der Waals surface area (Å²) in [5.74, 6) is -2.25. The van der Waals surface area contributed by atoms with Crippen LogP contribution >= 0.6 is 0 Å². The van der Waals surface area contributed by atoms with Crippen molar-refractivity contribution in [2.75, 3.05) is 0 Å². The lowest BCUT2D eigenvalue weighted by Crippen LogP contribution is -2.41. The molecule has 0 spiro atoms.